The fraction of sp³-hybridized carbons (Fsp3) is 1.00. The molecule has 0 aliphatic carbocycles. The molecule has 0 amide bonds. The molecule has 0 aliphatic heterocycles. The predicted octanol–water partition coefficient (Wildman–Crippen LogP) is 12.8. The monoisotopic (exact) mass is 465 g/mol. The average Bonchev–Trinajstić information content (AvgIpc) is 2.81. The zero-order valence-corrected chi connectivity index (χ0v) is 24.2. The maximum atomic E-state index is 2.50. The molecule has 0 aliphatic rings. The second-order valence-corrected chi connectivity index (χ2v) is 11.8. The fourth-order valence-corrected chi connectivity index (χ4v) is 5.41. The Bertz CT molecular complexity index is 333. The van der Waals surface area contributed by atoms with E-state index in [9.17, 15) is 0 Å². The van der Waals surface area contributed by atoms with Crippen LogP contribution >= 0.6 is 0 Å². The van der Waals surface area contributed by atoms with Crippen LogP contribution in [0.15, 0.2) is 0 Å². The van der Waals surface area contributed by atoms with E-state index in [0.717, 1.165) is 11.8 Å². The van der Waals surface area contributed by atoms with Gasteiger partial charge in [-0.2, -0.15) is 0 Å². The van der Waals surface area contributed by atoms with Crippen molar-refractivity contribution in [1.82, 2.24) is 0 Å². The SMILES string of the molecule is CCCCCCCCCCCCCCCCCCC(C)CCCCC(C)CCCCCCC. The van der Waals surface area contributed by atoms with Gasteiger partial charge in [0.2, 0.25) is 0 Å². The van der Waals surface area contributed by atoms with Crippen molar-refractivity contribution >= 4 is 0 Å². The molecule has 0 aromatic carbocycles. The molecule has 0 nitrogen and oxygen atoms in total. The number of hydrogen-bond donors (Lipinski definition) is 0. The lowest BCUT2D eigenvalue weighted by atomic mass is 9.93. The maximum Gasteiger partial charge on any atom is -0.0443 e. The highest BCUT2D eigenvalue weighted by molar-refractivity contribution is 4.59. The molecule has 0 heterocycles. The molecule has 0 bridgehead atoms. The quantitative estimate of drug-likeness (QED) is 0.101. The van der Waals surface area contributed by atoms with Crippen LogP contribution in [0, 0.1) is 11.8 Å². The lowest BCUT2D eigenvalue weighted by molar-refractivity contribution is 0.400. The second kappa shape index (κ2) is 28.2. The van der Waals surface area contributed by atoms with Crippen molar-refractivity contribution in [3.05, 3.63) is 0 Å². The van der Waals surface area contributed by atoms with Gasteiger partial charge in [-0.05, 0) is 11.8 Å². The van der Waals surface area contributed by atoms with E-state index in [1.165, 1.54) is 173 Å². The lowest BCUT2D eigenvalue weighted by Gasteiger charge is -2.13. The first-order chi connectivity index (χ1) is 16.2. The van der Waals surface area contributed by atoms with Crippen LogP contribution in [0.25, 0.3) is 0 Å². The highest BCUT2D eigenvalue weighted by Crippen LogP contribution is 2.21. The van der Waals surface area contributed by atoms with Crippen molar-refractivity contribution in [1.29, 1.82) is 0 Å². The zero-order valence-electron chi connectivity index (χ0n) is 24.2. The molecule has 0 heteroatoms. The lowest BCUT2D eigenvalue weighted by Crippen LogP contribution is -1.98. The first-order valence-electron chi connectivity index (χ1n) is 16.2. The summed E-state index contributed by atoms with van der Waals surface area (Å²) in [6, 6.07) is 0. The van der Waals surface area contributed by atoms with Crippen molar-refractivity contribution < 1.29 is 0 Å². The van der Waals surface area contributed by atoms with Gasteiger partial charge in [-0.15, -0.1) is 0 Å². The van der Waals surface area contributed by atoms with Crippen LogP contribution < -0.4 is 0 Å². The first kappa shape index (κ1) is 33.0. The van der Waals surface area contributed by atoms with Crippen molar-refractivity contribution in [3.63, 3.8) is 0 Å². The van der Waals surface area contributed by atoms with Crippen LogP contribution in [-0.4, -0.2) is 0 Å². The third-order valence-corrected chi connectivity index (χ3v) is 7.99. The highest BCUT2D eigenvalue weighted by atomic mass is 14.1. The third kappa shape index (κ3) is 28.1. The standard InChI is InChI=1S/C33H68/c1-5-7-9-11-12-13-14-15-16-17-18-19-20-21-23-25-29-33(4)31-27-26-30-32(3)28-24-22-10-8-6-2/h32-33H,5-31H2,1-4H3. The van der Waals surface area contributed by atoms with Crippen molar-refractivity contribution in [3.8, 4) is 0 Å². The van der Waals surface area contributed by atoms with Gasteiger partial charge in [0.05, 0.1) is 0 Å². The first-order valence-corrected chi connectivity index (χ1v) is 16.2. The molecular formula is C33H68. The molecule has 0 N–H and O–H groups in total. The van der Waals surface area contributed by atoms with Crippen LogP contribution in [0.5, 0.6) is 0 Å². The van der Waals surface area contributed by atoms with Gasteiger partial charge < -0.3 is 0 Å². The summed E-state index contributed by atoms with van der Waals surface area (Å²) in [5, 5.41) is 0. The number of hydrogen-bond acceptors (Lipinski definition) is 0. The molecule has 0 saturated carbocycles. The smallest absolute Gasteiger partial charge is 0.0443 e. The van der Waals surface area contributed by atoms with Crippen LogP contribution in [-0.2, 0) is 0 Å². The third-order valence-electron chi connectivity index (χ3n) is 7.99. The summed E-state index contributed by atoms with van der Waals surface area (Å²) in [6.45, 7) is 9.60. The van der Waals surface area contributed by atoms with Crippen molar-refractivity contribution in [2.24, 2.45) is 11.8 Å². The topological polar surface area (TPSA) is 0 Å². The normalized spacial score (nSPS) is 13.5. The Hall–Kier alpha value is 0. The van der Waals surface area contributed by atoms with E-state index < -0.39 is 0 Å². The molecule has 0 saturated heterocycles. The molecule has 0 radical (unpaired) electrons. The van der Waals surface area contributed by atoms with E-state index in [2.05, 4.69) is 27.7 Å². The minimum atomic E-state index is 0.959. The van der Waals surface area contributed by atoms with E-state index in [1.54, 1.807) is 0 Å². The van der Waals surface area contributed by atoms with Crippen LogP contribution in [0.2, 0.25) is 0 Å². The van der Waals surface area contributed by atoms with Gasteiger partial charge in [-0.1, -0.05) is 201 Å². The Morgan fingerprint density at radius 1 is 0.273 bits per heavy atom. The summed E-state index contributed by atoms with van der Waals surface area (Å²) in [5.41, 5.74) is 0. The molecule has 0 rings (SSSR count). The molecular weight excluding hydrogens is 396 g/mol. The molecule has 200 valence electrons. The Labute approximate surface area is 212 Å². The van der Waals surface area contributed by atoms with Crippen LogP contribution in [0.3, 0.4) is 0 Å². The minimum Gasteiger partial charge on any atom is -0.0654 e. The van der Waals surface area contributed by atoms with E-state index in [-0.39, 0.29) is 0 Å². The van der Waals surface area contributed by atoms with Crippen molar-refractivity contribution in [2.45, 2.75) is 201 Å². The number of unbranched alkanes of at least 4 members (excludes halogenated alkanes) is 20. The number of rotatable bonds is 28. The largest absolute Gasteiger partial charge is 0.0654 e. The van der Waals surface area contributed by atoms with Gasteiger partial charge >= 0.3 is 0 Å². The zero-order chi connectivity index (χ0) is 24.2. The summed E-state index contributed by atoms with van der Waals surface area (Å²) in [4.78, 5) is 0. The average molecular weight is 465 g/mol. The molecule has 2 unspecified atom stereocenters. The van der Waals surface area contributed by atoms with Crippen LogP contribution in [0.1, 0.15) is 201 Å². The summed E-state index contributed by atoms with van der Waals surface area (Å²) < 4.78 is 0. The minimum absolute atomic E-state index is 0.959. The summed E-state index contributed by atoms with van der Waals surface area (Å²) >= 11 is 0. The van der Waals surface area contributed by atoms with Gasteiger partial charge in [0.15, 0.2) is 0 Å². The maximum absolute atomic E-state index is 2.50. The molecule has 33 heavy (non-hydrogen) atoms. The summed E-state index contributed by atoms with van der Waals surface area (Å²) in [7, 11) is 0. The molecule has 0 aromatic rings. The molecule has 0 aromatic heterocycles. The fourth-order valence-electron chi connectivity index (χ4n) is 5.41. The van der Waals surface area contributed by atoms with Crippen LogP contribution in [0.4, 0.5) is 0 Å². The van der Waals surface area contributed by atoms with Gasteiger partial charge in [0, 0.05) is 0 Å². The van der Waals surface area contributed by atoms with E-state index >= 15 is 0 Å². The van der Waals surface area contributed by atoms with Gasteiger partial charge in [0.25, 0.3) is 0 Å². The molecule has 0 spiro atoms. The summed E-state index contributed by atoms with van der Waals surface area (Å²) in [6.07, 6.45) is 39.6. The molecule has 2 atom stereocenters. The van der Waals surface area contributed by atoms with E-state index in [0.29, 0.717) is 0 Å². The second-order valence-electron chi connectivity index (χ2n) is 11.8. The highest BCUT2D eigenvalue weighted by Gasteiger charge is 2.05. The Morgan fingerprint density at radius 2 is 0.455 bits per heavy atom. The Kier molecular flexibility index (Phi) is 28.2. The van der Waals surface area contributed by atoms with E-state index in [1.807, 2.05) is 0 Å². The Morgan fingerprint density at radius 3 is 0.697 bits per heavy atom. The molecule has 0 fully saturated rings. The van der Waals surface area contributed by atoms with Gasteiger partial charge in [-0.25, -0.2) is 0 Å². The predicted molar refractivity (Wildman–Crippen MR) is 154 cm³/mol. The van der Waals surface area contributed by atoms with Gasteiger partial charge in [0.1, 0.15) is 0 Å². The van der Waals surface area contributed by atoms with Gasteiger partial charge in [-0.3, -0.25) is 0 Å². The van der Waals surface area contributed by atoms with Crippen molar-refractivity contribution in [2.75, 3.05) is 0 Å². The summed E-state index contributed by atoms with van der Waals surface area (Å²) in [5.74, 6) is 1.92. The Balaban J connectivity index is 3.22. The van der Waals surface area contributed by atoms with E-state index in [4.69, 9.17) is 0 Å².